The van der Waals surface area contributed by atoms with Crippen LogP contribution < -0.4 is 5.32 Å². The fourth-order valence-corrected chi connectivity index (χ4v) is 2.37. The Labute approximate surface area is 112 Å². The van der Waals surface area contributed by atoms with Crippen LogP contribution in [0.3, 0.4) is 0 Å². The zero-order valence-corrected chi connectivity index (χ0v) is 11.2. The Kier molecular flexibility index (Phi) is 6.08. The summed E-state index contributed by atoms with van der Waals surface area (Å²) in [5.74, 6) is 0. The van der Waals surface area contributed by atoms with E-state index in [2.05, 4.69) is 11.4 Å². The average molecular weight is 278 g/mol. The molecule has 0 aliphatic heterocycles. The van der Waals surface area contributed by atoms with Crippen LogP contribution in [-0.4, -0.2) is 31.0 Å². The Bertz CT molecular complexity index is 314. The quantitative estimate of drug-likeness (QED) is 0.811. The van der Waals surface area contributed by atoms with E-state index >= 15 is 0 Å². The van der Waals surface area contributed by atoms with Crippen molar-refractivity contribution in [2.24, 2.45) is 0 Å². The average Bonchev–Trinajstić information content (AvgIpc) is 2.35. The van der Waals surface area contributed by atoms with Crippen LogP contribution in [0.4, 0.5) is 13.2 Å². The van der Waals surface area contributed by atoms with Crippen molar-refractivity contribution in [1.82, 2.24) is 5.32 Å². The van der Waals surface area contributed by atoms with Crippen LogP contribution in [0.15, 0.2) is 0 Å². The van der Waals surface area contributed by atoms with Crippen molar-refractivity contribution < 1.29 is 17.9 Å². The van der Waals surface area contributed by atoms with Gasteiger partial charge in [-0.15, -0.1) is 0 Å². The van der Waals surface area contributed by atoms with Crippen LogP contribution in [0.2, 0.25) is 0 Å². The maximum Gasteiger partial charge on any atom is 0.391 e. The van der Waals surface area contributed by atoms with E-state index in [1.54, 1.807) is 0 Å². The molecular formula is C13H21F3N2O. The van der Waals surface area contributed by atoms with E-state index in [-0.39, 0.29) is 12.7 Å². The Morgan fingerprint density at radius 1 is 1.47 bits per heavy atom. The van der Waals surface area contributed by atoms with Gasteiger partial charge in [-0.3, -0.25) is 5.32 Å². The molecule has 0 heterocycles. The van der Waals surface area contributed by atoms with Crippen LogP contribution in [0.5, 0.6) is 0 Å². The van der Waals surface area contributed by atoms with Crippen LogP contribution in [0.25, 0.3) is 0 Å². The van der Waals surface area contributed by atoms with Crippen molar-refractivity contribution in [3.05, 3.63) is 0 Å². The molecule has 1 fully saturated rings. The predicted octanol–water partition coefficient (Wildman–Crippen LogP) is 3.16. The monoisotopic (exact) mass is 278 g/mol. The normalized spacial score (nSPS) is 28.1. The molecule has 1 aliphatic rings. The maximum absolute atomic E-state index is 12.0. The third-order valence-corrected chi connectivity index (χ3v) is 3.37. The van der Waals surface area contributed by atoms with Crippen LogP contribution in [0, 0.1) is 11.3 Å². The second-order valence-electron chi connectivity index (χ2n) is 5.08. The summed E-state index contributed by atoms with van der Waals surface area (Å²) in [6, 6.07) is 2.28. The largest absolute Gasteiger partial charge is 0.391 e. The summed E-state index contributed by atoms with van der Waals surface area (Å²) >= 11 is 0. The number of hydrogen-bond donors (Lipinski definition) is 1. The van der Waals surface area contributed by atoms with Gasteiger partial charge < -0.3 is 4.74 Å². The summed E-state index contributed by atoms with van der Waals surface area (Å²) in [5.41, 5.74) is -0.628. The fourth-order valence-electron chi connectivity index (χ4n) is 2.37. The van der Waals surface area contributed by atoms with Crippen molar-refractivity contribution in [3.63, 3.8) is 0 Å². The molecule has 2 unspecified atom stereocenters. The second-order valence-corrected chi connectivity index (χ2v) is 5.08. The molecular weight excluding hydrogens is 257 g/mol. The molecule has 0 radical (unpaired) electrons. The molecule has 110 valence electrons. The Hall–Kier alpha value is -0.800. The molecule has 0 aromatic heterocycles. The Morgan fingerprint density at radius 3 is 2.79 bits per heavy atom. The molecule has 3 nitrogen and oxygen atoms in total. The third-order valence-electron chi connectivity index (χ3n) is 3.37. The molecule has 0 aromatic carbocycles. The number of nitrogens with one attached hydrogen (secondary N) is 1. The molecule has 0 spiro atoms. The summed E-state index contributed by atoms with van der Waals surface area (Å²) in [7, 11) is 0. The highest BCUT2D eigenvalue weighted by Gasteiger charge is 2.37. The number of nitrogens with zero attached hydrogens (tertiary/aromatic N) is 1. The summed E-state index contributed by atoms with van der Waals surface area (Å²) in [6.07, 6.45) is -1.68. The second kappa shape index (κ2) is 7.11. The van der Waals surface area contributed by atoms with Crippen molar-refractivity contribution in [2.45, 2.75) is 63.3 Å². The molecule has 19 heavy (non-hydrogen) atoms. The Balaban J connectivity index is 2.42. The number of alkyl halides is 3. The number of rotatable bonds is 6. The first kappa shape index (κ1) is 16.3. The standard InChI is InChI=1S/C13H21F3N2O/c1-2-7-18-12(10-17)5-3-4-11(9-12)19-8-6-13(14,15)16/h11,18H,2-9H2,1H3. The van der Waals surface area contributed by atoms with Gasteiger partial charge in [-0.05, 0) is 32.2 Å². The van der Waals surface area contributed by atoms with E-state index in [0.717, 1.165) is 32.2 Å². The lowest BCUT2D eigenvalue weighted by atomic mass is 9.81. The molecule has 0 bridgehead atoms. The van der Waals surface area contributed by atoms with E-state index in [9.17, 15) is 18.4 Å². The van der Waals surface area contributed by atoms with Gasteiger partial charge in [0.2, 0.25) is 0 Å². The van der Waals surface area contributed by atoms with Crippen molar-refractivity contribution >= 4 is 0 Å². The predicted molar refractivity (Wildman–Crippen MR) is 65.5 cm³/mol. The van der Waals surface area contributed by atoms with E-state index in [1.165, 1.54) is 0 Å². The van der Waals surface area contributed by atoms with Gasteiger partial charge in [-0.1, -0.05) is 6.92 Å². The first-order chi connectivity index (χ1) is 8.91. The van der Waals surface area contributed by atoms with Gasteiger partial charge in [0.25, 0.3) is 0 Å². The van der Waals surface area contributed by atoms with Crippen LogP contribution >= 0.6 is 0 Å². The lowest BCUT2D eigenvalue weighted by Crippen LogP contribution is -2.49. The van der Waals surface area contributed by atoms with E-state index < -0.39 is 18.1 Å². The SMILES string of the molecule is CCCNC1(C#N)CCCC(OCCC(F)(F)F)C1. The van der Waals surface area contributed by atoms with Gasteiger partial charge in [-0.25, -0.2) is 0 Å². The fraction of sp³-hybridized carbons (Fsp3) is 0.923. The van der Waals surface area contributed by atoms with Gasteiger partial charge in [0.15, 0.2) is 0 Å². The van der Waals surface area contributed by atoms with Crippen molar-refractivity contribution in [2.75, 3.05) is 13.2 Å². The van der Waals surface area contributed by atoms with Crippen LogP contribution in [-0.2, 0) is 4.74 Å². The Morgan fingerprint density at radius 2 is 2.21 bits per heavy atom. The molecule has 1 rings (SSSR count). The minimum Gasteiger partial charge on any atom is -0.378 e. The van der Waals surface area contributed by atoms with Gasteiger partial charge in [0, 0.05) is 6.42 Å². The van der Waals surface area contributed by atoms with Gasteiger partial charge in [0.1, 0.15) is 5.54 Å². The molecule has 2 atom stereocenters. The smallest absolute Gasteiger partial charge is 0.378 e. The lowest BCUT2D eigenvalue weighted by molar-refractivity contribution is -0.150. The number of halogens is 3. The van der Waals surface area contributed by atoms with Gasteiger partial charge in [-0.2, -0.15) is 18.4 Å². The van der Waals surface area contributed by atoms with Crippen molar-refractivity contribution in [3.8, 4) is 6.07 Å². The summed E-state index contributed by atoms with van der Waals surface area (Å²) in [4.78, 5) is 0. The molecule has 0 amide bonds. The molecule has 1 aliphatic carbocycles. The molecule has 1 saturated carbocycles. The van der Waals surface area contributed by atoms with Crippen molar-refractivity contribution in [1.29, 1.82) is 5.26 Å². The number of nitriles is 1. The van der Waals surface area contributed by atoms with E-state index in [0.29, 0.717) is 6.42 Å². The van der Waals surface area contributed by atoms with E-state index in [4.69, 9.17) is 4.74 Å². The number of ether oxygens (including phenoxy) is 1. The summed E-state index contributed by atoms with van der Waals surface area (Å²) in [5, 5.41) is 12.5. The highest BCUT2D eigenvalue weighted by atomic mass is 19.4. The first-order valence-corrected chi connectivity index (χ1v) is 6.75. The topological polar surface area (TPSA) is 45.0 Å². The zero-order chi connectivity index (χ0) is 14.4. The highest BCUT2D eigenvalue weighted by molar-refractivity contribution is 5.10. The molecule has 1 N–H and O–H groups in total. The number of hydrogen-bond acceptors (Lipinski definition) is 3. The van der Waals surface area contributed by atoms with Gasteiger partial charge in [0.05, 0.1) is 25.2 Å². The molecule has 0 saturated heterocycles. The maximum atomic E-state index is 12.0. The minimum atomic E-state index is -4.18. The minimum absolute atomic E-state index is 0.250. The highest BCUT2D eigenvalue weighted by Crippen LogP contribution is 2.30. The summed E-state index contributed by atoms with van der Waals surface area (Å²) in [6.45, 7) is 2.44. The molecule has 0 aromatic rings. The lowest BCUT2D eigenvalue weighted by Gasteiger charge is -2.36. The summed E-state index contributed by atoms with van der Waals surface area (Å²) < 4.78 is 41.4. The first-order valence-electron chi connectivity index (χ1n) is 6.75. The molecule has 6 heteroatoms. The zero-order valence-electron chi connectivity index (χ0n) is 11.2. The van der Waals surface area contributed by atoms with E-state index in [1.807, 2.05) is 6.92 Å². The third kappa shape index (κ3) is 5.79. The van der Waals surface area contributed by atoms with Crippen LogP contribution in [0.1, 0.15) is 45.4 Å². The van der Waals surface area contributed by atoms with Gasteiger partial charge >= 0.3 is 6.18 Å².